The van der Waals surface area contributed by atoms with Crippen molar-refractivity contribution in [1.82, 2.24) is 89.3 Å². The second-order valence-corrected chi connectivity index (χ2v) is 32.1. The largest absolute Gasteiger partial charge is 0.451 e. The number of aromatic nitrogens is 12. The highest BCUT2D eigenvalue weighted by atomic mass is 32.1. The van der Waals surface area contributed by atoms with Crippen molar-refractivity contribution < 1.29 is 144 Å². The standard InChI is InChI=1S/C24H22F6N6O2.C24H20F6N6O2.C16H15F6N5O.C16H12F6N4O2.C8H10N2O.H2S/c2*25-16-11-18(27)17(26)9-14(16)8-15(32-21(22(31)38)13-4-2-1-3-5-13)10-20(37)35-6-7-36-19(12-35)33-34-23(36)24(28,29)30;17-10-6-12(19)11(18)4-8(10)3-9(23)5-14(28)26-1-2-27-13(7-26)24-25-15(27)16(20,21)22;17-10-6-12(19)11(18)4-8(10)3-9(27)5-14(28)25-1-2-26-13(7-25)23-24-15(26)16(20,21)22;9-7(8(10)11)6-4-2-1-3-5-6;/h1-5,9,11,15,21,32H,6-8,10,12H2,(H2,31,38);1-5,9-11,21,32H,6-8,12H2,(H2,31,38);4,6,9H,1-3,5,7,23H2;4,6H,1-3,5,7H2;1-5,7H,9H2,(H2,10,11);1H2/b;15-10-;;;;/t15-,21+;21-;9-;;7-;/m101.0./s1. The second kappa shape index (κ2) is 47.4. The van der Waals surface area contributed by atoms with E-state index >= 15 is 0 Å². The van der Waals surface area contributed by atoms with Crippen LogP contribution < -0.4 is 39.3 Å². The molecule has 5 atom stereocenters. The van der Waals surface area contributed by atoms with Gasteiger partial charge < -0.3 is 71.9 Å². The number of carbonyl (C=O) groups is 8. The zero-order valence-corrected chi connectivity index (χ0v) is 75.1. The zero-order valence-electron chi connectivity index (χ0n) is 74.1. The number of primary amides is 3. The summed E-state index contributed by atoms with van der Waals surface area (Å²) in [4.78, 5) is 103. The van der Waals surface area contributed by atoms with Crippen LogP contribution in [0.4, 0.5) is 105 Å². The number of rotatable bonds is 25. The Morgan fingerprint density at radius 1 is 0.347 bits per heavy atom. The minimum Gasteiger partial charge on any atom is -0.373 e. The summed E-state index contributed by atoms with van der Waals surface area (Å²) in [6, 6.07) is 24.4. The van der Waals surface area contributed by atoms with Crippen molar-refractivity contribution in [3.8, 4) is 0 Å². The normalized spacial score (nSPS) is 14.6. The maximum Gasteiger partial charge on any atom is 0.451 e. The number of allylic oxidation sites excluding steroid dienone is 1. The molecule has 4 aromatic heterocycles. The lowest BCUT2D eigenvalue weighted by Gasteiger charge is -2.31. The number of hydrogen-bond acceptors (Lipinski definition) is 20. The van der Waals surface area contributed by atoms with Crippen LogP contribution in [-0.2, 0) is 141 Å². The van der Waals surface area contributed by atoms with Gasteiger partial charge in [0.2, 0.25) is 64.6 Å². The summed E-state index contributed by atoms with van der Waals surface area (Å²) in [5, 5.41) is 32.2. The van der Waals surface area contributed by atoms with Crippen LogP contribution in [0, 0.1) is 69.8 Å². The second-order valence-electron chi connectivity index (χ2n) is 32.1. The molecule has 0 spiro atoms. The van der Waals surface area contributed by atoms with E-state index in [0.717, 1.165) is 34.8 Å². The fourth-order valence-electron chi connectivity index (χ4n) is 15.0. The number of benzene rings is 7. The van der Waals surface area contributed by atoms with Crippen LogP contribution in [0.3, 0.4) is 0 Å². The molecule has 31 nitrogen and oxygen atoms in total. The Hall–Kier alpha value is -14.9. The molecule has 12 N–H and O–H groups in total. The average molecular weight is 2080 g/mol. The molecule has 144 heavy (non-hydrogen) atoms. The van der Waals surface area contributed by atoms with Crippen molar-refractivity contribution in [2.75, 3.05) is 26.2 Å². The van der Waals surface area contributed by atoms with E-state index in [4.69, 9.17) is 28.7 Å². The Kier molecular flexibility index (Phi) is 36.6. The van der Waals surface area contributed by atoms with Crippen molar-refractivity contribution in [2.45, 2.75) is 152 Å². The van der Waals surface area contributed by atoms with Gasteiger partial charge in [0, 0.05) is 126 Å². The van der Waals surface area contributed by atoms with E-state index in [-0.39, 0.29) is 163 Å². The maximum absolute atomic E-state index is 14.4. The van der Waals surface area contributed by atoms with E-state index < -0.39 is 220 Å². The third-order valence-corrected chi connectivity index (χ3v) is 22.0. The van der Waals surface area contributed by atoms with E-state index in [0.29, 0.717) is 59.7 Å². The number of halogens is 24. The number of ketones is 1. The minimum atomic E-state index is -4.72. The number of hydrogen-bond donors (Lipinski definition) is 7. The monoisotopic (exact) mass is 2080 g/mol. The highest BCUT2D eigenvalue weighted by Gasteiger charge is 2.45. The summed E-state index contributed by atoms with van der Waals surface area (Å²) < 4.78 is 322. The molecule has 770 valence electrons. The summed E-state index contributed by atoms with van der Waals surface area (Å²) in [5.74, 6) is -25.2. The third kappa shape index (κ3) is 28.8. The zero-order chi connectivity index (χ0) is 105. The van der Waals surface area contributed by atoms with Crippen LogP contribution >= 0.6 is 13.5 Å². The van der Waals surface area contributed by atoms with Crippen molar-refractivity contribution in [3.63, 3.8) is 0 Å². The van der Waals surface area contributed by atoms with Crippen molar-refractivity contribution >= 4 is 60.6 Å². The summed E-state index contributed by atoms with van der Waals surface area (Å²) in [6.45, 7) is -2.08. The quantitative estimate of drug-likeness (QED) is 0.0121. The molecular formula is C88H81F24N23O8S. The number of alkyl halides is 12. The van der Waals surface area contributed by atoms with Crippen LogP contribution in [0.25, 0.3) is 0 Å². The molecule has 4 aliphatic rings. The van der Waals surface area contributed by atoms with E-state index in [1.54, 1.807) is 72.8 Å². The lowest BCUT2D eigenvalue weighted by molar-refractivity contribution is -0.149. The summed E-state index contributed by atoms with van der Waals surface area (Å²) in [6.07, 6.45) is -20.7. The fourth-order valence-corrected chi connectivity index (χ4v) is 15.0. The van der Waals surface area contributed by atoms with E-state index in [9.17, 15) is 144 Å². The molecular weight excluding hydrogens is 2000 g/mol. The van der Waals surface area contributed by atoms with E-state index in [1.165, 1.54) is 14.7 Å². The number of Topliss-reactive ketones (excluding diaryl/α,β-unsaturated/α-hetero) is 1. The predicted octanol–water partition coefficient (Wildman–Crippen LogP) is 10.4. The highest BCUT2D eigenvalue weighted by molar-refractivity contribution is 7.59. The van der Waals surface area contributed by atoms with Gasteiger partial charge in [0.15, 0.2) is 69.8 Å². The summed E-state index contributed by atoms with van der Waals surface area (Å²) >= 11 is 0. The van der Waals surface area contributed by atoms with E-state index in [1.807, 2.05) is 18.2 Å². The van der Waals surface area contributed by atoms with Crippen LogP contribution in [0.1, 0.15) is 123 Å². The Bertz CT molecular complexity index is 6510. The molecule has 8 heterocycles. The Morgan fingerprint density at radius 2 is 0.653 bits per heavy atom. The van der Waals surface area contributed by atoms with Crippen LogP contribution in [0.5, 0.6) is 0 Å². The van der Waals surface area contributed by atoms with Gasteiger partial charge in [-0.25, -0.2) is 52.7 Å². The number of fused-ring (bicyclic) bond motifs is 4. The number of amides is 7. The predicted molar refractivity (Wildman–Crippen MR) is 457 cm³/mol. The van der Waals surface area contributed by atoms with Crippen molar-refractivity contribution in [2.24, 2.45) is 28.7 Å². The Labute approximate surface area is 804 Å². The average Bonchev–Trinajstić information content (AvgIpc) is 1.65. The number of nitrogens with two attached hydrogens (primary N) is 5. The molecule has 56 heteroatoms. The molecule has 0 saturated carbocycles. The van der Waals surface area contributed by atoms with E-state index in [2.05, 4.69) is 51.4 Å². The van der Waals surface area contributed by atoms with Gasteiger partial charge in [-0.2, -0.15) is 66.2 Å². The van der Waals surface area contributed by atoms with Gasteiger partial charge in [-0.3, -0.25) is 43.7 Å². The number of carbonyl (C=O) groups excluding carboxylic acids is 8. The third-order valence-electron chi connectivity index (χ3n) is 22.0. The lowest BCUT2D eigenvalue weighted by atomic mass is 9.98. The Balaban J connectivity index is 0.000000191. The topological polar surface area (TPSA) is 427 Å². The molecule has 11 aromatic rings. The van der Waals surface area contributed by atoms with Gasteiger partial charge in [0.05, 0.1) is 32.6 Å². The summed E-state index contributed by atoms with van der Waals surface area (Å²) in [5.41, 5.74) is 27.8. The minimum absolute atomic E-state index is 0. The van der Waals surface area contributed by atoms with Gasteiger partial charge in [-0.15, -0.1) is 40.8 Å². The SMILES string of the molecule is NC(=O)[C@@H](N)c1ccccc1.NC(=O)[C@@H](N/C(=C\C(=O)N1CCn2c(nnc2C(F)(F)F)C1)Cc1cc(F)c(F)cc1F)c1ccccc1.NC(=O)[C@@H](N[C@@H](CC(=O)N1CCn2c(nnc2C(F)(F)F)C1)Cc1cc(F)c(F)cc1F)c1ccccc1.N[C@@H](CC(=O)N1CCn2c(nnc2C(F)(F)F)C1)Cc1cc(F)c(F)cc1F.O=C(CC(=O)N1CCn2c(nnc2C(F)(F)F)C1)Cc1cc(F)c(F)cc1F.S. The van der Waals surface area contributed by atoms with Crippen LogP contribution in [-0.4, -0.2) is 164 Å². The van der Waals surface area contributed by atoms with Crippen LogP contribution in [0.15, 0.2) is 151 Å². The first-order valence-corrected chi connectivity index (χ1v) is 42.1. The molecule has 7 aromatic carbocycles. The Morgan fingerprint density at radius 3 is 1.01 bits per heavy atom. The summed E-state index contributed by atoms with van der Waals surface area (Å²) in [7, 11) is 0. The molecule has 0 radical (unpaired) electrons. The molecule has 7 amide bonds. The molecule has 4 aliphatic heterocycles. The van der Waals surface area contributed by atoms with Gasteiger partial charge in [-0.05, 0) is 76.1 Å². The fraction of sp³-hybridized carbons (Fsp3) is 0.318. The number of nitrogens with zero attached hydrogens (tertiary/aromatic N) is 16. The highest BCUT2D eigenvalue weighted by Crippen LogP contribution is 2.36. The van der Waals surface area contributed by atoms with Gasteiger partial charge >= 0.3 is 24.7 Å². The molecule has 15 rings (SSSR count). The molecule has 0 bridgehead atoms. The molecule has 0 aliphatic carbocycles. The molecule has 0 unspecified atom stereocenters. The first-order chi connectivity index (χ1) is 67.2. The maximum atomic E-state index is 14.4. The van der Waals surface area contributed by atoms with Crippen molar-refractivity contribution in [1.29, 1.82) is 0 Å². The lowest BCUT2D eigenvalue weighted by Crippen LogP contribution is -2.46. The van der Waals surface area contributed by atoms with Gasteiger partial charge in [0.1, 0.15) is 47.2 Å². The molecule has 0 fully saturated rings. The smallest absolute Gasteiger partial charge is 0.373 e. The first kappa shape index (κ1) is 111. The van der Waals surface area contributed by atoms with Crippen LogP contribution in [0.2, 0.25) is 0 Å². The number of nitrogens with one attached hydrogen (secondary N) is 2. The van der Waals surface area contributed by atoms with Gasteiger partial charge in [-0.1, -0.05) is 91.0 Å². The molecule has 0 saturated heterocycles. The van der Waals surface area contributed by atoms with Crippen molar-refractivity contribution in [3.05, 3.63) is 307 Å². The van der Waals surface area contributed by atoms with Gasteiger partial charge in [0.25, 0.3) is 0 Å². The first-order valence-electron chi connectivity index (χ1n) is 42.1.